The van der Waals surface area contributed by atoms with Crippen LogP contribution in [0.1, 0.15) is 49.5 Å². The van der Waals surface area contributed by atoms with Crippen LogP contribution in [0.5, 0.6) is 0 Å². The van der Waals surface area contributed by atoms with Crippen LogP contribution in [0.25, 0.3) is 0 Å². The van der Waals surface area contributed by atoms with Crippen molar-refractivity contribution >= 4 is 17.5 Å². The van der Waals surface area contributed by atoms with E-state index in [-0.39, 0.29) is 23.8 Å². The maximum Gasteiger partial charge on any atom is 0.270 e. The van der Waals surface area contributed by atoms with Crippen LogP contribution in [0, 0.1) is 23.6 Å². The molecule has 8 heteroatoms. The molecule has 4 aliphatic carbocycles. The summed E-state index contributed by atoms with van der Waals surface area (Å²) in [6.45, 7) is 4.37. The van der Waals surface area contributed by atoms with Crippen molar-refractivity contribution in [2.45, 2.75) is 56.7 Å². The van der Waals surface area contributed by atoms with Gasteiger partial charge in [-0.25, -0.2) is 14.4 Å². The van der Waals surface area contributed by atoms with Crippen LogP contribution < -0.4 is 15.1 Å². The molecule has 2 heterocycles. The number of amides is 1. The third kappa shape index (κ3) is 3.91. The van der Waals surface area contributed by atoms with Crippen molar-refractivity contribution < 1.29 is 14.3 Å². The molecule has 2 aromatic rings. The first-order valence-corrected chi connectivity index (χ1v) is 12.5. The van der Waals surface area contributed by atoms with E-state index < -0.39 is 5.60 Å². The summed E-state index contributed by atoms with van der Waals surface area (Å²) in [7, 11) is 0. The molecule has 4 bridgehead atoms. The van der Waals surface area contributed by atoms with Gasteiger partial charge in [-0.3, -0.25) is 4.79 Å². The van der Waals surface area contributed by atoms with Crippen LogP contribution in [-0.2, 0) is 0 Å². The van der Waals surface area contributed by atoms with Crippen LogP contribution in [-0.4, -0.2) is 58.3 Å². The second kappa shape index (κ2) is 8.18. The van der Waals surface area contributed by atoms with E-state index in [0.717, 1.165) is 57.4 Å². The summed E-state index contributed by atoms with van der Waals surface area (Å²) in [6, 6.07) is 8.54. The van der Waals surface area contributed by atoms with Crippen molar-refractivity contribution in [3.05, 3.63) is 48.0 Å². The molecule has 1 saturated heterocycles. The smallest absolute Gasteiger partial charge is 0.270 e. The van der Waals surface area contributed by atoms with Gasteiger partial charge in [-0.2, -0.15) is 0 Å². The Kier molecular flexibility index (Phi) is 5.24. The Morgan fingerprint density at radius 2 is 1.85 bits per heavy atom. The first-order chi connectivity index (χ1) is 16.4. The van der Waals surface area contributed by atoms with Crippen LogP contribution in [0.3, 0.4) is 0 Å². The standard InChI is InChI=1S/C26H32FN5O2/c1-16-15-31(21-4-2-20(27)3-5-21)8-9-32(16)25-28-7-6-22(29-25)24(33)30-23-18-10-17-11-19(23)14-26(34,12-17)13-18/h2-7,16-19,23,34H,8-15H2,1H3,(H,30,33). The summed E-state index contributed by atoms with van der Waals surface area (Å²) in [5.74, 6) is 1.52. The van der Waals surface area contributed by atoms with Crippen molar-refractivity contribution in [3.8, 4) is 0 Å². The summed E-state index contributed by atoms with van der Waals surface area (Å²) >= 11 is 0. The van der Waals surface area contributed by atoms with E-state index in [1.54, 1.807) is 12.3 Å². The van der Waals surface area contributed by atoms with Gasteiger partial charge in [-0.05, 0) is 87.1 Å². The third-order valence-corrected chi connectivity index (χ3v) is 8.49. The average Bonchev–Trinajstić information content (AvgIpc) is 2.81. The average molecular weight is 466 g/mol. The zero-order valence-electron chi connectivity index (χ0n) is 19.5. The lowest BCUT2D eigenvalue weighted by atomic mass is 9.52. The van der Waals surface area contributed by atoms with Crippen molar-refractivity contribution in [2.75, 3.05) is 29.4 Å². The van der Waals surface area contributed by atoms with Gasteiger partial charge in [0.15, 0.2) is 0 Å². The summed E-state index contributed by atoms with van der Waals surface area (Å²) in [4.78, 5) is 26.7. The highest BCUT2D eigenvalue weighted by Gasteiger charge is 2.55. The van der Waals surface area contributed by atoms with Crippen LogP contribution in [0.2, 0.25) is 0 Å². The number of benzene rings is 1. The molecular weight excluding hydrogens is 433 g/mol. The first-order valence-electron chi connectivity index (χ1n) is 12.5. The zero-order chi connectivity index (χ0) is 23.4. The topological polar surface area (TPSA) is 81.6 Å². The maximum absolute atomic E-state index is 13.3. The Hall–Kier alpha value is -2.74. The highest BCUT2D eigenvalue weighted by atomic mass is 19.1. The monoisotopic (exact) mass is 465 g/mol. The number of hydrogen-bond acceptors (Lipinski definition) is 6. The number of hydrogen-bond donors (Lipinski definition) is 2. The molecule has 5 aliphatic rings. The van der Waals surface area contributed by atoms with Gasteiger partial charge in [0, 0.05) is 43.6 Å². The fourth-order valence-electron chi connectivity index (χ4n) is 7.20. The lowest BCUT2D eigenvalue weighted by Crippen LogP contribution is -2.61. The molecule has 7 nitrogen and oxygen atoms in total. The first kappa shape index (κ1) is 21.8. The van der Waals surface area contributed by atoms with Crippen molar-refractivity contribution in [2.24, 2.45) is 17.8 Å². The number of anilines is 2. The Balaban J connectivity index is 1.13. The molecule has 3 unspecified atom stereocenters. The molecule has 1 amide bonds. The minimum absolute atomic E-state index is 0.126. The predicted octanol–water partition coefficient (Wildman–Crippen LogP) is 3.00. The highest BCUT2D eigenvalue weighted by Crippen LogP contribution is 2.55. The quantitative estimate of drug-likeness (QED) is 0.723. The molecule has 0 spiro atoms. The Bertz CT molecular complexity index is 1060. The summed E-state index contributed by atoms with van der Waals surface area (Å²) in [5, 5.41) is 14.1. The van der Waals surface area contributed by atoms with Crippen molar-refractivity contribution in [1.82, 2.24) is 15.3 Å². The van der Waals surface area contributed by atoms with Crippen molar-refractivity contribution in [3.63, 3.8) is 0 Å². The fourth-order valence-corrected chi connectivity index (χ4v) is 7.20. The predicted molar refractivity (Wildman–Crippen MR) is 127 cm³/mol. The summed E-state index contributed by atoms with van der Waals surface area (Å²) in [6.07, 6.45) is 6.41. The Morgan fingerprint density at radius 1 is 1.12 bits per heavy atom. The highest BCUT2D eigenvalue weighted by molar-refractivity contribution is 5.92. The molecule has 1 aromatic carbocycles. The van der Waals surface area contributed by atoms with Crippen LogP contribution in [0.4, 0.5) is 16.0 Å². The number of halogens is 1. The second-order valence-corrected chi connectivity index (χ2v) is 10.9. The van der Waals surface area contributed by atoms with Gasteiger partial charge in [-0.15, -0.1) is 0 Å². The van der Waals surface area contributed by atoms with Crippen LogP contribution in [0.15, 0.2) is 36.5 Å². The van der Waals surface area contributed by atoms with E-state index in [9.17, 15) is 14.3 Å². The van der Waals surface area contributed by atoms with Crippen molar-refractivity contribution in [1.29, 1.82) is 0 Å². The van der Waals surface area contributed by atoms with E-state index in [4.69, 9.17) is 0 Å². The number of aromatic nitrogens is 2. The van der Waals surface area contributed by atoms with E-state index in [1.807, 2.05) is 12.1 Å². The minimum atomic E-state index is -0.508. The third-order valence-electron chi connectivity index (χ3n) is 8.49. The summed E-state index contributed by atoms with van der Waals surface area (Å²) < 4.78 is 13.3. The number of carbonyl (C=O) groups excluding carboxylic acids is 1. The van der Waals surface area contributed by atoms with Gasteiger partial charge in [0.25, 0.3) is 5.91 Å². The van der Waals surface area contributed by atoms with E-state index in [0.29, 0.717) is 29.4 Å². The molecule has 5 fully saturated rings. The molecule has 1 aromatic heterocycles. The normalized spacial score (nSPS) is 34.4. The molecule has 180 valence electrons. The Morgan fingerprint density at radius 3 is 2.53 bits per heavy atom. The number of nitrogens with zero attached hydrogens (tertiary/aromatic N) is 4. The molecule has 4 saturated carbocycles. The second-order valence-electron chi connectivity index (χ2n) is 10.9. The van der Waals surface area contributed by atoms with E-state index in [2.05, 4.69) is 32.0 Å². The minimum Gasteiger partial charge on any atom is -0.390 e. The SMILES string of the molecule is CC1CN(c2ccc(F)cc2)CCN1c1nccc(C(=O)NC2C3CC4CC2CC(O)(C4)C3)n1. The van der Waals surface area contributed by atoms with Gasteiger partial charge in [0.05, 0.1) is 5.60 Å². The molecule has 1 aliphatic heterocycles. The Labute approximate surface area is 199 Å². The van der Waals surface area contributed by atoms with Gasteiger partial charge >= 0.3 is 0 Å². The number of carbonyl (C=O) groups is 1. The number of rotatable bonds is 4. The molecule has 34 heavy (non-hydrogen) atoms. The molecular formula is C26H32FN5O2. The largest absolute Gasteiger partial charge is 0.390 e. The lowest BCUT2D eigenvalue weighted by molar-refractivity contribution is -0.136. The van der Waals surface area contributed by atoms with Gasteiger partial charge in [0.2, 0.25) is 5.95 Å². The molecule has 2 N–H and O–H groups in total. The lowest BCUT2D eigenvalue weighted by Gasteiger charge is -2.58. The zero-order valence-corrected chi connectivity index (χ0v) is 19.5. The molecule has 7 rings (SSSR count). The summed E-state index contributed by atoms with van der Waals surface area (Å²) in [5.41, 5.74) is 0.888. The molecule has 3 atom stereocenters. The number of aliphatic hydroxyl groups is 1. The maximum atomic E-state index is 13.3. The molecule has 0 radical (unpaired) electrons. The van der Waals surface area contributed by atoms with Gasteiger partial charge in [0.1, 0.15) is 11.5 Å². The van der Waals surface area contributed by atoms with E-state index in [1.165, 1.54) is 12.1 Å². The van der Waals surface area contributed by atoms with Gasteiger partial charge in [-0.1, -0.05) is 0 Å². The fraction of sp³-hybridized carbons (Fsp3) is 0.577. The van der Waals surface area contributed by atoms with Gasteiger partial charge < -0.3 is 20.2 Å². The number of piperazine rings is 1. The number of nitrogens with one attached hydrogen (secondary N) is 1. The van der Waals surface area contributed by atoms with E-state index >= 15 is 0 Å². The van der Waals surface area contributed by atoms with Crippen LogP contribution >= 0.6 is 0 Å².